The maximum Gasteiger partial charge on any atom is 0.211 e. The van der Waals surface area contributed by atoms with Crippen LogP contribution in [0.4, 0.5) is 0 Å². The molecule has 1 aliphatic rings. The molecule has 1 fully saturated rings. The van der Waals surface area contributed by atoms with Crippen LogP contribution in [-0.2, 0) is 0 Å². The Bertz CT molecular complexity index is 334. The maximum atomic E-state index is 11.8. The topological polar surface area (TPSA) is 53.7 Å². The summed E-state index contributed by atoms with van der Waals surface area (Å²) in [5, 5.41) is 9.10. The van der Waals surface area contributed by atoms with E-state index in [9.17, 15) is 4.79 Å². The Kier molecular flexibility index (Phi) is 3.74. The van der Waals surface area contributed by atoms with Gasteiger partial charge in [-0.3, -0.25) is 9.69 Å². The average molecular weight is 223 g/mol. The van der Waals surface area contributed by atoms with Crippen LogP contribution < -0.4 is 0 Å². The Balaban J connectivity index is 1.87. The Labute approximate surface area is 94.9 Å². The molecule has 2 heterocycles. The first kappa shape index (κ1) is 11.4. The molecule has 0 amide bonds. The Morgan fingerprint density at radius 1 is 1.62 bits per heavy atom. The number of piperidine rings is 1. The molecule has 88 valence electrons. The van der Waals surface area contributed by atoms with Gasteiger partial charge in [0.1, 0.15) is 0 Å². The number of furan rings is 1. The van der Waals surface area contributed by atoms with Crippen LogP contribution in [-0.4, -0.2) is 42.0 Å². The third kappa shape index (κ3) is 2.71. The SMILES string of the molecule is O=C(CN1CCC[C@H](CO)C1)c1ccco1. The molecule has 1 aromatic rings. The minimum Gasteiger partial charge on any atom is -0.461 e. The zero-order valence-electron chi connectivity index (χ0n) is 9.26. The van der Waals surface area contributed by atoms with Crippen LogP contribution in [0.2, 0.25) is 0 Å². The van der Waals surface area contributed by atoms with Crippen molar-refractivity contribution in [3.8, 4) is 0 Å². The van der Waals surface area contributed by atoms with Gasteiger partial charge in [-0.25, -0.2) is 0 Å². The van der Waals surface area contributed by atoms with Gasteiger partial charge >= 0.3 is 0 Å². The quantitative estimate of drug-likeness (QED) is 0.778. The number of likely N-dealkylation sites (tertiary alicyclic amines) is 1. The highest BCUT2D eigenvalue weighted by Gasteiger charge is 2.22. The zero-order chi connectivity index (χ0) is 11.4. The van der Waals surface area contributed by atoms with Gasteiger partial charge < -0.3 is 9.52 Å². The first-order valence-corrected chi connectivity index (χ1v) is 5.69. The summed E-state index contributed by atoms with van der Waals surface area (Å²) in [5.74, 6) is 0.757. The van der Waals surface area contributed by atoms with Crippen molar-refractivity contribution in [3.05, 3.63) is 24.2 Å². The van der Waals surface area contributed by atoms with Crippen LogP contribution in [0, 0.1) is 5.92 Å². The molecule has 1 atom stereocenters. The molecule has 16 heavy (non-hydrogen) atoms. The number of hydrogen-bond donors (Lipinski definition) is 1. The lowest BCUT2D eigenvalue weighted by Crippen LogP contribution is -2.39. The van der Waals surface area contributed by atoms with Gasteiger partial charge in [-0.15, -0.1) is 0 Å². The number of ketones is 1. The van der Waals surface area contributed by atoms with Crippen molar-refractivity contribution in [1.82, 2.24) is 4.90 Å². The van der Waals surface area contributed by atoms with Gasteiger partial charge in [0.05, 0.1) is 12.8 Å². The molecule has 0 aromatic carbocycles. The Hall–Kier alpha value is -1.13. The van der Waals surface area contributed by atoms with E-state index >= 15 is 0 Å². The first-order valence-electron chi connectivity index (χ1n) is 5.69. The average Bonchev–Trinajstić information content (AvgIpc) is 2.83. The minimum atomic E-state index is 0.0172. The minimum absolute atomic E-state index is 0.0172. The highest BCUT2D eigenvalue weighted by molar-refractivity contribution is 5.94. The highest BCUT2D eigenvalue weighted by Crippen LogP contribution is 2.16. The van der Waals surface area contributed by atoms with Crippen molar-refractivity contribution < 1.29 is 14.3 Å². The Morgan fingerprint density at radius 2 is 2.50 bits per heavy atom. The van der Waals surface area contributed by atoms with Gasteiger partial charge in [-0.2, -0.15) is 0 Å². The van der Waals surface area contributed by atoms with E-state index in [0.29, 0.717) is 18.2 Å². The van der Waals surface area contributed by atoms with Crippen LogP contribution >= 0.6 is 0 Å². The number of carbonyl (C=O) groups is 1. The van der Waals surface area contributed by atoms with E-state index in [1.54, 1.807) is 12.1 Å². The van der Waals surface area contributed by atoms with Crippen molar-refractivity contribution in [1.29, 1.82) is 0 Å². The number of hydrogen-bond acceptors (Lipinski definition) is 4. The van der Waals surface area contributed by atoms with Gasteiger partial charge in [-0.1, -0.05) is 0 Å². The van der Waals surface area contributed by atoms with Gasteiger partial charge in [0, 0.05) is 13.2 Å². The molecule has 1 saturated heterocycles. The molecule has 0 saturated carbocycles. The second-order valence-electron chi connectivity index (χ2n) is 4.33. The van der Waals surface area contributed by atoms with Crippen LogP contribution in [0.1, 0.15) is 23.4 Å². The van der Waals surface area contributed by atoms with E-state index in [-0.39, 0.29) is 12.4 Å². The van der Waals surface area contributed by atoms with Gasteiger partial charge in [0.25, 0.3) is 0 Å². The molecular formula is C12H17NO3. The molecule has 0 radical (unpaired) electrons. The zero-order valence-corrected chi connectivity index (χ0v) is 9.26. The van der Waals surface area contributed by atoms with E-state index in [1.165, 1.54) is 6.26 Å². The van der Waals surface area contributed by atoms with Crippen LogP contribution in [0.25, 0.3) is 0 Å². The summed E-state index contributed by atoms with van der Waals surface area (Å²) in [4.78, 5) is 13.9. The lowest BCUT2D eigenvalue weighted by molar-refractivity contribution is 0.0809. The lowest BCUT2D eigenvalue weighted by Gasteiger charge is -2.30. The van der Waals surface area contributed by atoms with E-state index in [0.717, 1.165) is 25.9 Å². The lowest BCUT2D eigenvalue weighted by atomic mass is 9.99. The molecule has 2 rings (SSSR count). The molecule has 4 heteroatoms. The monoisotopic (exact) mass is 223 g/mol. The van der Waals surface area contributed by atoms with Crippen molar-refractivity contribution in [2.24, 2.45) is 5.92 Å². The van der Waals surface area contributed by atoms with E-state index in [4.69, 9.17) is 9.52 Å². The van der Waals surface area contributed by atoms with Gasteiger partial charge in [-0.05, 0) is 37.4 Å². The van der Waals surface area contributed by atoms with Crippen molar-refractivity contribution in [2.45, 2.75) is 12.8 Å². The smallest absolute Gasteiger partial charge is 0.211 e. The fourth-order valence-electron chi connectivity index (χ4n) is 2.16. The summed E-state index contributed by atoms with van der Waals surface area (Å²) in [6.07, 6.45) is 3.62. The number of aliphatic hydroxyl groups is 1. The summed E-state index contributed by atoms with van der Waals surface area (Å²) >= 11 is 0. The molecule has 0 unspecified atom stereocenters. The number of carbonyl (C=O) groups excluding carboxylic acids is 1. The van der Waals surface area contributed by atoms with Gasteiger partial charge in [0.2, 0.25) is 5.78 Å². The van der Waals surface area contributed by atoms with Crippen molar-refractivity contribution >= 4 is 5.78 Å². The van der Waals surface area contributed by atoms with Crippen molar-refractivity contribution in [3.63, 3.8) is 0 Å². The normalized spacial score (nSPS) is 22.2. The number of Topliss-reactive ketones (excluding diaryl/α,β-unsaturated/α-hetero) is 1. The second kappa shape index (κ2) is 5.27. The molecule has 0 aliphatic carbocycles. The van der Waals surface area contributed by atoms with Crippen LogP contribution in [0.3, 0.4) is 0 Å². The van der Waals surface area contributed by atoms with E-state index < -0.39 is 0 Å². The Morgan fingerprint density at radius 3 is 3.19 bits per heavy atom. The third-order valence-electron chi connectivity index (χ3n) is 3.02. The molecule has 0 bridgehead atoms. The van der Waals surface area contributed by atoms with Gasteiger partial charge in [0.15, 0.2) is 5.76 Å². The van der Waals surface area contributed by atoms with E-state index in [1.807, 2.05) is 0 Å². The number of aliphatic hydroxyl groups excluding tert-OH is 1. The fourth-order valence-corrected chi connectivity index (χ4v) is 2.16. The third-order valence-corrected chi connectivity index (χ3v) is 3.02. The fraction of sp³-hybridized carbons (Fsp3) is 0.583. The summed E-state index contributed by atoms with van der Waals surface area (Å²) in [6.45, 7) is 2.35. The summed E-state index contributed by atoms with van der Waals surface area (Å²) < 4.78 is 5.06. The maximum absolute atomic E-state index is 11.8. The molecular weight excluding hydrogens is 206 g/mol. The molecule has 1 aliphatic heterocycles. The van der Waals surface area contributed by atoms with Crippen LogP contribution in [0.15, 0.2) is 22.8 Å². The largest absolute Gasteiger partial charge is 0.461 e. The van der Waals surface area contributed by atoms with Crippen LogP contribution in [0.5, 0.6) is 0 Å². The standard InChI is InChI=1S/C12H17NO3/c14-9-10-3-1-5-13(7-10)8-11(15)12-4-2-6-16-12/h2,4,6,10,14H,1,3,5,7-9H2/t10-/m0/s1. The van der Waals surface area contributed by atoms with Crippen molar-refractivity contribution in [2.75, 3.05) is 26.2 Å². The second-order valence-corrected chi connectivity index (χ2v) is 4.33. The number of nitrogens with zero attached hydrogens (tertiary/aromatic N) is 1. The summed E-state index contributed by atoms with van der Waals surface area (Å²) in [7, 11) is 0. The predicted molar refractivity (Wildman–Crippen MR) is 59.3 cm³/mol. The number of rotatable bonds is 4. The molecule has 1 aromatic heterocycles. The summed E-state index contributed by atoms with van der Waals surface area (Å²) in [6, 6.07) is 3.41. The molecule has 1 N–H and O–H groups in total. The first-order chi connectivity index (χ1) is 7.79. The highest BCUT2D eigenvalue weighted by atomic mass is 16.3. The molecule has 0 spiro atoms. The summed E-state index contributed by atoms with van der Waals surface area (Å²) in [5.41, 5.74) is 0. The predicted octanol–water partition coefficient (Wildman–Crippen LogP) is 1.17. The molecule has 4 nitrogen and oxygen atoms in total. The van der Waals surface area contributed by atoms with E-state index in [2.05, 4.69) is 4.90 Å².